The highest BCUT2D eigenvalue weighted by molar-refractivity contribution is 7.15. The van der Waals surface area contributed by atoms with Gasteiger partial charge in [-0.2, -0.15) is 0 Å². The summed E-state index contributed by atoms with van der Waals surface area (Å²) in [5.41, 5.74) is 6.37. The summed E-state index contributed by atoms with van der Waals surface area (Å²) in [5, 5.41) is 10.1. The number of hydrogen-bond acceptors (Lipinski definition) is 5. The van der Waals surface area contributed by atoms with E-state index >= 15 is 0 Å². The first-order chi connectivity index (χ1) is 6.85. The third-order valence-electron chi connectivity index (χ3n) is 2.19. The van der Waals surface area contributed by atoms with Crippen molar-refractivity contribution in [2.75, 3.05) is 25.6 Å². The van der Waals surface area contributed by atoms with Crippen molar-refractivity contribution in [2.45, 2.75) is 25.8 Å². The van der Waals surface area contributed by atoms with E-state index in [1.54, 1.807) is 11.3 Å². The molecule has 0 fully saturated rings. The number of aliphatic hydroxyl groups excluding tert-OH is 1. The molecule has 4 nitrogen and oxygen atoms in total. The van der Waals surface area contributed by atoms with Gasteiger partial charge in [-0.15, -0.1) is 11.3 Å². The van der Waals surface area contributed by atoms with E-state index < -0.39 is 5.54 Å². The molecule has 0 saturated carbocycles. The second-order valence-corrected chi connectivity index (χ2v) is 5.45. The van der Waals surface area contributed by atoms with Crippen molar-refractivity contribution < 1.29 is 5.11 Å². The average molecular weight is 229 g/mol. The van der Waals surface area contributed by atoms with Gasteiger partial charge in [0.2, 0.25) is 0 Å². The van der Waals surface area contributed by atoms with Crippen LogP contribution in [0.1, 0.15) is 17.5 Å². The summed E-state index contributed by atoms with van der Waals surface area (Å²) in [7, 11) is 3.94. The molecule has 0 amide bonds. The van der Waals surface area contributed by atoms with Gasteiger partial charge in [0.25, 0.3) is 0 Å². The van der Waals surface area contributed by atoms with Crippen LogP contribution in [0.25, 0.3) is 0 Å². The molecule has 0 aliphatic carbocycles. The molecule has 1 unspecified atom stereocenters. The van der Waals surface area contributed by atoms with Crippen LogP contribution in [0.4, 0.5) is 5.13 Å². The van der Waals surface area contributed by atoms with Gasteiger partial charge < -0.3 is 15.7 Å². The molecule has 15 heavy (non-hydrogen) atoms. The minimum Gasteiger partial charge on any atom is -0.394 e. The topological polar surface area (TPSA) is 62.4 Å². The highest BCUT2D eigenvalue weighted by Crippen LogP contribution is 2.27. The standard InChI is InChI=1S/C10H19N3OS/c1-7-8(5-10(2,11)6-14)15-9(12-7)13(3)4/h14H,5-6,11H2,1-4H3. The van der Waals surface area contributed by atoms with Gasteiger partial charge in [0.1, 0.15) is 0 Å². The van der Waals surface area contributed by atoms with Crippen LogP contribution in [0.2, 0.25) is 0 Å². The second kappa shape index (κ2) is 4.47. The molecule has 0 aliphatic heterocycles. The lowest BCUT2D eigenvalue weighted by Crippen LogP contribution is -2.42. The number of anilines is 1. The van der Waals surface area contributed by atoms with Crippen molar-refractivity contribution in [1.29, 1.82) is 0 Å². The number of rotatable bonds is 4. The Bertz CT molecular complexity index is 333. The Morgan fingerprint density at radius 2 is 2.13 bits per heavy atom. The summed E-state index contributed by atoms with van der Waals surface area (Å²) in [6.07, 6.45) is 0.667. The molecule has 1 aromatic rings. The maximum Gasteiger partial charge on any atom is 0.185 e. The van der Waals surface area contributed by atoms with Crippen LogP contribution < -0.4 is 10.6 Å². The maximum absolute atomic E-state index is 9.11. The van der Waals surface area contributed by atoms with Gasteiger partial charge in [-0.05, 0) is 13.8 Å². The monoisotopic (exact) mass is 229 g/mol. The van der Waals surface area contributed by atoms with Crippen LogP contribution in [0.15, 0.2) is 0 Å². The number of nitrogens with zero attached hydrogens (tertiary/aromatic N) is 2. The smallest absolute Gasteiger partial charge is 0.185 e. The van der Waals surface area contributed by atoms with E-state index in [-0.39, 0.29) is 6.61 Å². The predicted molar refractivity (Wildman–Crippen MR) is 64.6 cm³/mol. The Morgan fingerprint density at radius 3 is 2.53 bits per heavy atom. The minimum absolute atomic E-state index is 0.0123. The minimum atomic E-state index is -0.555. The molecule has 86 valence electrons. The van der Waals surface area contributed by atoms with Gasteiger partial charge in [-0.3, -0.25) is 0 Å². The number of aromatic nitrogens is 1. The molecule has 0 saturated heterocycles. The molecular formula is C10H19N3OS. The Hall–Kier alpha value is -0.650. The molecule has 3 N–H and O–H groups in total. The fourth-order valence-electron chi connectivity index (χ4n) is 1.19. The van der Waals surface area contributed by atoms with Crippen molar-refractivity contribution in [2.24, 2.45) is 5.73 Å². The molecular weight excluding hydrogens is 210 g/mol. The summed E-state index contributed by atoms with van der Waals surface area (Å²) >= 11 is 1.63. The average Bonchev–Trinajstić information content (AvgIpc) is 2.47. The number of aliphatic hydroxyl groups is 1. The lowest BCUT2D eigenvalue weighted by atomic mass is 9.99. The maximum atomic E-state index is 9.11. The van der Waals surface area contributed by atoms with Crippen LogP contribution in [-0.4, -0.2) is 36.3 Å². The summed E-state index contributed by atoms with van der Waals surface area (Å²) in [6, 6.07) is 0. The first-order valence-corrected chi connectivity index (χ1v) is 5.71. The third kappa shape index (κ3) is 3.15. The van der Waals surface area contributed by atoms with Gasteiger partial charge in [-0.1, -0.05) is 0 Å². The second-order valence-electron chi connectivity index (χ2n) is 4.39. The molecule has 1 heterocycles. The van der Waals surface area contributed by atoms with E-state index in [4.69, 9.17) is 10.8 Å². The highest BCUT2D eigenvalue weighted by atomic mass is 32.1. The number of aryl methyl sites for hydroxylation is 1. The lowest BCUT2D eigenvalue weighted by Gasteiger charge is -2.20. The third-order valence-corrected chi connectivity index (χ3v) is 3.51. The van der Waals surface area contributed by atoms with Crippen molar-refractivity contribution in [3.63, 3.8) is 0 Å². The molecule has 0 aromatic carbocycles. The number of nitrogens with two attached hydrogens (primary N) is 1. The summed E-state index contributed by atoms with van der Waals surface area (Å²) in [6.45, 7) is 3.81. The zero-order chi connectivity index (χ0) is 11.6. The van der Waals surface area contributed by atoms with E-state index in [9.17, 15) is 0 Å². The first kappa shape index (κ1) is 12.4. The molecule has 0 bridgehead atoms. The number of thiazole rings is 1. The molecule has 1 aromatic heterocycles. The zero-order valence-electron chi connectivity index (χ0n) is 9.74. The highest BCUT2D eigenvalue weighted by Gasteiger charge is 2.21. The van der Waals surface area contributed by atoms with Crippen molar-refractivity contribution in [3.05, 3.63) is 10.6 Å². The summed E-state index contributed by atoms with van der Waals surface area (Å²) in [5.74, 6) is 0. The van der Waals surface area contributed by atoms with Crippen molar-refractivity contribution in [3.8, 4) is 0 Å². The lowest BCUT2D eigenvalue weighted by molar-refractivity contribution is 0.208. The van der Waals surface area contributed by atoms with Gasteiger partial charge >= 0.3 is 0 Å². The Morgan fingerprint density at radius 1 is 1.53 bits per heavy atom. The zero-order valence-corrected chi connectivity index (χ0v) is 10.6. The molecule has 1 rings (SSSR count). The largest absolute Gasteiger partial charge is 0.394 e. The van der Waals surface area contributed by atoms with E-state index in [1.807, 2.05) is 32.8 Å². The SMILES string of the molecule is Cc1nc(N(C)C)sc1CC(C)(N)CO. The van der Waals surface area contributed by atoms with Crippen LogP contribution >= 0.6 is 11.3 Å². The van der Waals surface area contributed by atoms with E-state index in [0.29, 0.717) is 6.42 Å². The normalized spacial score (nSPS) is 15.1. The van der Waals surface area contributed by atoms with Crippen LogP contribution in [0.5, 0.6) is 0 Å². The van der Waals surface area contributed by atoms with Crippen molar-refractivity contribution in [1.82, 2.24) is 4.98 Å². The summed E-state index contributed by atoms with van der Waals surface area (Å²) in [4.78, 5) is 7.57. The van der Waals surface area contributed by atoms with Crippen molar-refractivity contribution >= 4 is 16.5 Å². The quantitative estimate of drug-likeness (QED) is 0.800. The van der Waals surface area contributed by atoms with Crippen LogP contribution in [0, 0.1) is 6.92 Å². The summed E-state index contributed by atoms with van der Waals surface area (Å²) < 4.78 is 0. The molecule has 0 spiro atoms. The van der Waals surface area contributed by atoms with E-state index in [1.165, 1.54) is 0 Å². The van der Waals surface area contributed by atoms with Crippen LogP contribution in [-0.2, 0) is 6.42 Å². The van der Waals surface area contributed by atoms with Gasteiger partial charge in [0, 0.05) is 30.9 Å². The van der Waals surface area contributed by atoms with Crippen LogP contribution in [0.3, 0.4) is 0 Å². The van der Waals surface area contributed by atoms with E-state index in [2.05, 4.69) is 4.98 Å². The van der Waals surface area contributed by atoms with Gasteiger partial charge in [-0.25, -0.2) is 4.98 Å². The molecule has 0 aliphatic rings. The Kier molecular flexibility index (Phi) is 3.70. The first-order valence-electron chi connectivity index (χ1n) is 4.89. The molecule has 5 heteroatoms. The Labute approximate surface area is 94.7 Å². The predicted octanol–water partition coefficient (Wildman–Crippen LogP) is 0.770. The van der Waals surface area contributed by atoms with E-state index in [0.717, 1.165) is 15.7 Å². The molecule has 1 atom stereocenters. The fraction of sp³-hybridized carbons (Fsp3) is 0.700. The fourth-order valence-corrected chi connectivity index (χ4v) is 2.37. The Balaban J connectivity index is 2.86. The number of hydrogen-bond donors (Lipinski definition) is 2. The molecule has 0 radical (unpaired) electrons. The van der Waals surface area contributed by atoms with Gasteiger partial charge in [0.15, 0.2) is 5.13 Å². The van der Waals surface area contributed by atoms with Gasteiger partial charge in [0.05, 0.1) is 12.3 Å².